The lowest BCUT2D eigenvalue weighted by Gasteiger charge is -2.22. The van der Waals surface area contributed by atoms with E-state index in [9.17, 15) is 37.9 Å². The number of nitrogens with one attached hydrogen (secondary N) is 3. The molecule has 20 nitrogen and oxygen atoms in total. The zero-order valence-corrected chi connectivity index (χ0v) is 35.9. The van der Waals surface area contributed by atoms with Crippen molar-refractivity contribution < 1.29 is 56.3 Å². The van der Waals surface area contributed by atoms with Gasteiger partial charge in [-0.1, -0.05) is 40.1 Å². The van der Waals surface area contributed by atoms with Crippen LogP contribution in [-0.2, 0) is 41.9 Å². The molecular formula is C23H50N8O12P2S5. The van der Waals surface area contributed by atoms with Crippen LogP contribution < -0.4 is 27.2 Å². The standard InChI is InChI=1S/C7H13N3O3S.C7H15N3O2S2.C5H12NO4PS.C4H10NO3PS/c1-8-7(12)13-9-5(14-4)6(11)10(2)3;1-10(2)5(3-13-6(8)11)4-14-7(9)12;1-6-5(7)4-12-11(8,9-2)10-3;1-4(6)5-9(7,8-2)10-3/h1-4H3,(H,8,12);5H,3-4H2,1-2H3,(H2,8,11)(H2,9,12);4H2,1-3H3,(H,6,7);1-3H3,(H,5,6,7). The van der Waals surface area contributed by atoms with Gasteiger partial charge in [-0.25, -0.2) is 9.36 Å². The minimum Gasteiger partial charge on any atom is -0.361 e. The highest BCUT2D eigenvalue weighted by Gasteiger charge is 2.23. The number of carbonyl (C=O) groups excluding carboxylic acids is 6. The fourth-order valence-electron chi connectivity index (χ4n) is 1.93. The van der Waals surface area contributed by atoms with Crippen molar-refractivity contribution in [2.75, 3.05) is 93.4 Å². The predicted octanol–water partition coefficient (Wildman–Crippen LogP) is 2.75. The number of oxime groups is 1. The van der Waals surface area contributed by atoms with E-state index < -0.39 is 30.1 Å². The molecule has 7 N–H and O–H groups in total. The molecule has 0 saturated carbocycles. The number of amides is 6. The largest absolute Gasteiger partial charge is 0.433 e. The number of hydrogen-bond donors (Lipinski definition) is 5. The summed E-state index contributed by atoms with van der Waals surface area (Å²) in [6, 6.07) is 0.116. The van der Waals surface area contributed by atoms with Crippen molar-refractivity contribution in [3.8, 4) is 0 Å². The average molecular weight is 853 g/mol. The van der Waals surface area contributed by atoms with E-state index in [1.807, 2.05) is 19.0 Å². The van der Waals surface area contributed by atoms with Gasteiger partial charge in [0.1, 0.15) is 0 Å². The summed E-state index contributed by atoms with van der Waals surface area (Å²) in [7, 11) is 13.7. The van der Waals surface area contributed by atoms with E-state index in [-0.39, 0.29) is 34.6 Å². The van der Waals surface area contributed by atoms with Gasteiger partial charge in [0, 0.05) is 74.0 Å². The van der Waals surface area contributed by atoms with Crippen LogP contribution in [0.15, 0.2) is 5.16 Å². The van der Waals surface area contributed by atoms with Gasteiger partial charge in [0.2, 0.25) is 16.9 Å². The fourth-order valence-corrected chi connectivity index (χ4v) is 8.16. The number of carbonyl (C=O) groups is 6. The molecule has 0 aromatic carbocycles. The van der Waals surface area contributed by atoms with Crippen LogP contribution in [0.1, 0.15) is 6.92 Å². The molecule has 0 saturated heterocycles. The molecule has 1 unspecified atom stereocenters. The van der Waals surface area contributed by atoms with E-state index in [0.29, 0.717) is 11.5 Å². The average Bonchev–Trinajstić information content (AvgIpc) is 3.06. The second-order valence-electron chi connectivity index (χ2n) is 8.60. The number of rotatable bonds is 14. The Morgan fingerprint density at radius 1 is 0.840 bits per heavy atom. The molecule has 0 aliphatic rings. The highest BCUT2D eigenvalue weighted by atomic mass is 32.7. The molecule has 0 fully saturated rings. The summed E-state index contributed by atoms with van der Waals surface area (Å²) in [4.78, 5) is 71.9. The monoisotopic (exact) mass is 852 g/mol. The zero-order chi connectivity index (χ0) is 40.1. The normalized spacial score (nSPS) is 11.9. The molecular weight excluding hydrogens is 803 g/mol. The van der Waals surface area contributed by atoms with Gasteiger partial charge in [0.25, 0.3) is 16.4 Å². The molecule has 50 heavy (non-hydrogen) atoms. The van der Waals surface area contributed by atoms with Crippen molar-refractivity contribution in [1.29, 1.82) is 0 Å². The van der Waals surface area contributed by atoms with Gasteiger partial charge in [0.05, 0.1) is 5.75 Å². The van der Waals surface area contributed by atoms with Crippen molar-refractivity contribution in [2.24, 2.45) is 16.6 Å². The van der Waals surface area contributed by atoms with Crippen LogP contribution in [0.2, 0.25) is 0 Å². The van der Waals surface area contributed by atoms with Crippen molar-refractivity contribution >= 4 is 111 Å². The van der Waals surface area contributed by atoms with Gasteiger partial charge in [-0.2, -0.15) is 0 Å². The Kier molecular flexibility index (Phi) is 35.3. The first-order valence-corrected chi connectivity index (χ1v) is 23.2. The molecule has 0 rings (SSSR count). The first kappa shape index (κ1) is 55.1. The van der Waals surface area contributed by atoms with E-state index in [2.05, 4.69) is 39.3 Å². The minimum atomic E-state index is -3.09. The highest BCUT2D eigenvalue weighted by molar-refractivity contribution is 8.56. The Balaban J connectivity index is -0.000000284. The van der Waals surface area contributed by atoms with Crippen LogP contribution in [0, 0.1) is 0 Å². The molecule has 6 amide bonds. The Morgan fingerprint density at radius 2 is 1.32 bits per heavy atom. The number of hydrogen-bond acceptors (Lipinski definition) is 19. The summed E-state index contributed by atoms with van der Waals surface area (Å²) in [5, 5.41) is 9.55. The number of primary amides is 2. The van der Waals surface area contributed by atoms with Crippen molar-refractivity contribution in [3.05, 3.63) is 0 Å². The lowest BCUT2D eigenvalue weighted by atomic mass is 10.4. The molecule has 0 radical (unpaired) electrons. The SMILES string of the molecule is CN(C)C(CSC(N)=O)CSC(N)=O.CNC(=O)CSP(=O)(OC)OC.CNC(=O)ON=C(SC)C(=O)N(C)C.COP(=O)(NC(C)=O)SC. The van der Waals surface area contributed by atoms with E-state index in [0.717, 1.165) is 58.0 Å². The maximum Gasteiger partial charge on any atom is 0.433 e. The molecule has 0 heterocycles. The molecule has 1 atom stereocenters. The third-order valence-electron chi connectivity index (χ3n) is 4.62. The maximum atomic E-state index is 11.3. The summed E-state index contributed by atoms with van der Waals surface area (Å²) in [6.07, 6.45) is 2.58. The molecule has 0 aliphatic heterocycles. The van der Waals surface area contributed by atoms with E-state index >= 15 is 0 Å². The summed E-state index contributed by atoms with van der Waals surface area (Å²) >= 11 is 5.07. The molecule has 0 aromatic heterocycles. The van der Waals surface area contributed by atoms with Crippen LogP contribution in [0.3, 0.4) is 0 Å². The van der Waals surface area contributed by atoms with E-state index in [4.69, 9.17) is 11.5 Å². The highest BCUT2D eigenvalue weighted by Crippen LogP contribution is 2.59. The van der Waals surface area contributed by atoms with Crippen LogP contribution >= 0.6 is 71.6 Å². The Bertz CT molecular complexity index is 1150. The molecule has 27 heteroatoms. The lowest BCUT2D eigenvalue weighted by Crippen LogP contribution is -2.34. The van der Waals surface area contributed by atoms with E-state index in [1.54, 1.807) is 26.6 Å². The van der Waals surface area contributed by atoms with Crippen molar-refractivity contribution in [1.82, 2.24) is 25.5 Å². The van der Waals surface area contributed by atoms with Crippen molar-refractivity contribution in [2.45, 2.75) is 13.0 Å². The van der Waals surface area contributed by atoms with Crippen LogP contribution in [0.25, 0.3) is 0 Å². The smallest absolute Gasteiger partial charge is 0.361 e. The van der Waals surface area contributed by atoms with Gasteiger partial charge in [-0.05, 0) is 38.0 Å². The lowest BCUT2D eigenvalue weighted by molar-refractivity contribution is -0.121. The minimum absolute atomic E-state index is 0.0649. The molecule has 0 spiro atoms. The zero-order valence-electron chi connectivity index (χ0n) is 30.0. The quantitative estimate of drug-likeness (QED) is 0.0552. The fraction of sp³-hybridized carbons (Fsp3) is 0.696. The maximum absolute atomic E-state index is 11.3. The molecule has 0 aromatic rings. The third kappa shape index (κ3) is 32.3. The van der Waals surface area contributed by atoms with Gasteiger partial charge in [-0.15, -0.1) is 11.8 Å². The first-order valence-electron chi connectivity index (χ1n) is 13.4. The summed E-state index contributed by atoms with van der Waals surface area (Å²) in [5.41, 5.74) is 10.0. The Morgan fingerprint density at radius 3 is 1.58 bits per heavy atom. The Labute approximate surface area is 314 Å². The number of thioether (sulfide) groups is 3. The summed E-state index contributed by atoms with van der Waals surface area (Å²) in [6.45, 7) is -4.72. The number of nitrogens with two attached hydrogens (primary N) is 2. The third-order valence-corrected chi connectivity index (χ3v) is 14.5. The van der Waals surface area contributed by atoms with E-state index in [1.165, 1.54) is 47.2 Å². The molecule has 0 aliphatic carbocycles. The van der Waals surface area contributed by atoms with Crippen LogP contribution in [0.4, 0.5) is 14.4 Å². The second kappa shape index (κ2) is 32.0. The van der Waals surface area contributed by atoms with Gasteiger partial charge in [0.15, 0.2) is 0 Å². The summed E-state index contributed by atoms with van der Waals surface area (Å²) in [5.74, 6) is 0.344. The van der Waals surface area contributed by atoms with Crippen LogP contribution in [-0.4, -0.2) is 149 Å². The van der Waals surface area contributed by atoms with Crippen molar-refractivity contribution in [3.63, 3.8) is 0 Å². The molecule has 0 bridgehead atoms. The first-order chi connectivity index (χ1) is 23.1. The van der Waals surface area contributed by atoms with Crippen LogP contribution in [0.5, 0.6) is 0 Å². The second-order valence-corrected chi connectivity index (χ2v) is 20.2. The van der Waals surface area contributed by atoms with Gasteiger partial charge < -0.3 is 45.5 Å². The molecule has 294 valence electrons. The predicted molar refractivity (Wildman–Crippen MR) is 207 cm³/mol. The van der Waals surface area contributed by atoms with Gasteiger partial charge >= 0.3 is 19.6 Å². The Hall–Kier alpha value is -1.66. The summed E-state index contributed by atoms with van der Waals surface area (Å²) < 4.78 is 36.3. The topological polar surface area (TPSA) is 280 Å². The number of nitrogens with zero attached hydrogens (tertiary/aromatic N) is 3. The van der Waals surface area contributed by atoms with Gasteiger partial charge in [-0.3, -0.25) is 38.5 Å².